The Balaban J connectivity index is 0.000000244. The molecule has 2 N–H and O–H groups in total. The van der Waals surface area contributed by atoms with Gasteiger partial charge in [0.15, 0.2) is 11.3 Å². The minimum atomic E-state index is -4.46. The molecule has 1 aliphatic heterocycles. The third-order valence-corrected chi connectivity index (χ3v) is 7.86. The van der Waals surface area contributed by atoms with E-state index in [1.807, 2.05) is 24.6 Å². The van der Waals surface area contributed by atoms with Crippen LogP contribution >= 0.6 is 0 Å². The molecule has 2 saturated carbocycles. The largest absolute Gasteiger partial charge is 0.408 e. The van der Waals surface area contributed by atoms with E-state index in [9.17, 15) is 31.5 Å². The lowest BCUT2D eigenvalue weighted by atomic mass is 9.97. The molecule has 0 aromatic carbocycles. The average Bonchev–Trinajstić information content (AvgIpc) is 3.36. The smallest absolute Gasteiger partial charge is 0.345 e. The number of fused-ring (bicyclic) bond motifs is 1. The van der Waals surface area contributed by atoms with Crippen molar-refractivity contribution in [2.45, 2.75) is 88.4 Å². The summed E-state index contributed by atoms with van der Waals surface area (Å²) in [5.41, 5.74) is 2.32. The normalized spacial score (nSPS) is 20.7. The van der Waals surface area contributed by atoms with E-state index >= 15 is 0 Å². The van der Waals surface area contributed by atoms with Gasteiger partial charge in [0.25, 0.3) is 5.91 Å². The number of amides is 2. The molecule has 0 bridgehead atoms. The molecule has 3 aliphatic rings. The third kappa shape index (κ3) is 8.84. The zero-order chi connectivity index (χ0) is 32.9. The number of nitrogens with zero attached hydrogens (tertiary/aromatic N) is 7. The molecule has 17 heteroatoms. The van der Waals surface area contributed by atoms with E-state index in [1.54, 1.807) is 23.1 Å². The lowest BCUT2D eigenvalue weighted by Crippen LogP contribution is -2.38. The molecule has 1 saturated heterocycles. The predicted octanol–water partition coefficient (Wildman–Crippen LogP) is 4.54. The summed E-state index contributed by atoms with van der Waals surface area (Å²) < 4.78 is 70.9. The van der Waals surface area contributed by atoms with Crippen molar-refractivity contribution < 1.29 is 36.2 Å². The predicted molar refractivity (Wildman–Crippen MR) is 151 cm³/mol. The van der Waals surface area contributed by atoms with Crippen LogP contribution in [0.15, 0.2) is 41.5 Å². The first-order chi connectivity index (χ1) is 21.9. The number of hydrogen-bond donors (Lipinski definition) is 2. The molecule has 46 heavy (non-hydrogen) atoms. The summed E-state index contributed by atoms with van der Waals surface area (Å²) in [4.78, 5) is 28.7. The van der Waals surface area contributed by atoms with Crippen molar-refractivity contribution in [3.63, 3.8) is 0 Å². The summed E-state index contributed by atoms with van der Waals surface area (Å²) in [7, 11) is 1.89. The maximum atomic E-state index is 12.9. The Hall–Kier alpha value is -4.44. The van der Waals surface area contributed by atoms with Crippen LogP contribution in [0.1, 0.15) is 84.7 Å². The van der Waals surface area contributed by atoms with Crippen molar-refractivity contribution in [3.05, 3.63) is 59.6 Å². The highest BCUT2D eigenvalue weighted by atomic mass is 19.4. The van der Waals surface area contributed by atoms with Gasteiger partial charge in [-0.25, -0.2) is 22.9 Å². The monoisotopic (exact) mass is 651 g/mol. The average molecular weight is 652 g/mol. The minimum absolute atomic E-state index is 0.118. The van der Waals surface area contributed by atoms with Crippen LogP contribution in [0.5, 0.6) is 0 Å². The molecule has 4 aromatic heterocycles. The molecule has 0 spiro atoms. The van der Waals surface area contributed by atoms with E-state index in [1.165, 1.54) is 10.7 Å². The van der Waals surface area contributed by atoms with Gasteiger partial charge in [-0.1, -0.05) is 11.6 Å². The molecular weight excluding hydrogens is 617 g/mol. The molecule has 248 valence electrons. The van der Waals surface area contributed by atoms with Crippen LogP contribution < -0.4 is 10.6 Å². The topological polar surface area (TPSA) is 145 Å². The van der Waals surface area contributed by atoms with E-state index in [4.69, 9.17) is 0 Å². The summed E-state index contributed by atoms with van der Waals surface area (Å²) in [5.74, 6) is -3.92. The van der Waals surface area contributed by atoms with Crippen LogP contribution in [0, 0.1) is 5.92 Å². The van der Waals surface area contributed by atoms with Crippen LogP contribution in [-0.2, 0) is 24.8 Å². The second-order valence-electron chi connectivity index (χ2n) is 11.7. The van der Waals surface area contributed by atoms with Crippen LogP contribution in [0.25, 0.3) is 5.65 Å². The lowest BCUT2D eigenvalue weighted by molar-refractivity contribution is -0.154. The first kappa shape index (κ1) is 32.9. The standard InChI is InChI=1S/C19H18F3N7O3.C6H10F2.C4H6N2/c20-19(21,22)13-5-11(17(30)26-13)3-9-4-14-25-12(8-29(14)24-6-9)7-23-18(31)16-15(10-1-2-10)27-32-28-16;7-6(8)4-2-1-3-5-6;1-6-4-2-3-5-6/h4,6,8,10-11,13H,1-3,5,7H2,(H,23,31)(H,26,30);1-5H2;2-4H,1H3/t11-,13?;;/m0../s1. The van der Waals surface area contributed by atoms with Crippen LogP contribution in [0.4, 0.5) is 22.0 Å². The number of carbonyl (C=O) groups excluding carboxylic acids is 2. The number of carbonyl (C=O) groups is 2. The van der Waals surface area contributed by atoms with E-state index in [-0.39, 0.29) is 43.8 Å². The number of rotatable bonds is 6. The van der Waals surface area contributed by atoms with Gasteiger partial charge < -0.3 is 10.6 Å². The van der Waals surface area contributed by atoms with Crippen molar-refractivity contribution in [1.29, 1.82) is 0 Å². The fourth-order valence-electron chi connectivity index (χ4n) is 5.22. The molecule has 3 fully saturated rings. The molecule has 4 aromatic rings. The highest BCUT2D eigenvalue weighted by Gasteiger charge is 2.47. The van der Waals surface area contributed by atoms with Crippen molar-refractivity contribution in [2.75, 3.05) is 0 Å². The van der Waals surface area contributed by atoms with E-state index < -0.39 is 35.9 Å². The van der Waals surface area contributed by atoms with Crippen LogP contribution in [-0.4, -0.2) is 64.6 Å². The van der Waals surface area contributed by atoms with Crippen LogP contribution in [0.3, 0.4) is 0 Å². The molecule has 0 radical (unpaired) electrons. The zero-order valence-electron chi connectivity index (χ0n) is 25.0. The van der Waals surface area contributed by atoms with Crippen molar-refractivity contribution >= 4 is 17.5 Å². The summed E-state index contributed by atoms with van der Waals surface area (Å²) >= 11 is 0. The maximum absolute atomic E-state index is 12.9. The molecule has 7 rings (SSSR count). The Morgan fingerprint density at radius 3 is 2.48 bits per heavy atom. The zero-order valence-corrected chi connectivity index (χ0v) is 25.0. The summed E-state index contributed by atoms with van der Waals surface area (Å²) in [6, 6.07) is 1.73. The summed E-state index contributed by atoms with van der Waals surface area (Å²) in [6.45, 7) is 0.118. The van der Waals surface area contributed by atoms with Gasteiger partial charge in [0, 0.05) is 44.1 Å². The number of hydrogen-bond acceptors (Lipinski definition) is 8. The molecule has 2 atom stereocenters. The Morgan fingerprint density at radius 2 is 1.91 bits per heavy atom. The molecule has 2 amide bonds. The summed E-state index contributed by atoms with van der Waals surface area (Å²) in [6.07, 6.45) is 6.69. The van der Waals surface area contributed by atoms with Crippen molar-refractivity contribution in [1.82, 2.24) is 45.3 Å². The van der Waals surface area contributed by atoms with Crippen molar-refractivity contribution in [3.8, 4) is 0 Å². The highest BCUT2D eigenvalue weighted by molar-refractivity contribution is 5.93. The lowest BCUT2D eigenvalue weighted by Gasteiger charge is -2.20. The molecular formula is C29H34F5N9O3. The van der Waals surface area contributed by atoms with Gasteiger partial charge in [0.1, 0.15) is 11.7 Å². The molecule has 1 unspecified atom stereocenters. The second kappa shape index (κ2) is 13.9. The van der Waals surface area contributed by atoms with Gasteiger partial charge in [-0.2, -0.15) is 23.4 Å². The number of imidazole rings is 1. The van der Waals surface area contributed by atoms with Crippen molar-refractivity contribution in [2.24, 2.45) is 13.0 Å². The highest BCUT2D eigenvalue weighted by Crippen LogP contribution is 2.40. The molecule has 5 heterocycles. The minimum Gasteiger partial charge on any atom is -0.345 e. The number of halogens is 5. The Morgan fingerprint density at radius 1 is 1.15 bits per heavy atom. The first-order valence-electron chi connectivity index (χ1n) is 15.0. The SMILES string of the molecule is Cn1cccn1.FC1(F)CCCCC1.O=C(NCc1cn2ncc(C[C@H]3CC(C(F)(F)F)NC3=O)cc2n1)c1nonc1C1CC1. The van der Waals surface area contributed by atoms with Gasteiger partial charge in [-0.15, -0.1) is 0 Å². The van der Waals surface area contributed by atoms with Gasteiger partial charge in [0.2, 0.25) is 11.8 Å². The maximum Gasteiger partial charge on any atom is 0.408 e. The van der Waals surface area contributed by atoms with Gasteiger partial charge in [-0.3, -0.25) is 14.3 Å². The molecule has 2 aliphatic carbocycles. The van der Waals surface area contributed by atoms with E-state index in [0.717, 1.165) is 19.3 Å². The third-order valence-electron chi connectivity index (χ3n) is 7.86. The van der Waals surface area contributed by atoms with Gasteiger partial charge in [0.05, 0.1) is 24.6 Å². The van der Waals surface area contributed by atoms with E-state index in [0.29, 0.717) is 35.4 Å². The van der Waals surface area contributed by atoms with Gasteiger partial charge >= 0.3 is 6.18 Å². The summed E-state index contributed by atoms with van der Waals surface area (Å²) in [5, 5.41) is 20.2. The van der Waals surface area contributed by atoms with Crippen LogP contribution in [0.2, 0.25) is 0 Å². The quantitative estimate of drug-likeness (QED) is 0.289. The number of aromatic nitrogens is 7. The second-order valence-corrected chi connectivity index (χ2v) is 11.7. The molecule has 12 nitrogen and oxygen atoms in total. The van der Waals surface area contributed by atoms with Gasteiger partial charge in [-0.05, 0) is 61.4 Å². The first-order valence-corrected chi connectivity index (χ1v) is 15.0. The Kier molecular flexibility index (Phi) is 9.96. The fraction of sp³-hybridized carbons (Fsp3) is 0.552. The Labute approximate surface area is 260 Å². The number of alkyl halides is 5. The van der Waals surface area contributed by atoms with E-state index in [2.05, 4.69) is 35.4 Å². The number of aryl methyl sites for hydroxylation is 1. The fourth-order valence-corrected chi connectivity index (χ4v) is 5.22. The number of nitrogens with one attached hydrogen (secondary N) is 2. The Bertz CT molecular complexity index is 1610.